The smallest absolute Gasteiger partial charge is 0.246 e. The average molecular weight is 175 g/mol. The number of amides is 1. The van der Waals surface area contributed by atoms with Crippen LogP contribution in [0.2, 0.25) is 0 Å². The van der Waals surface area contributed by atoms with Crippen LogP contribution in [0.3, 0.4) is 0 Å². The highest BCUT2D eigenvalue weighted by molar-refractivity contribution is 8.24. The number of thioether (sulfide) groups is 1. The minimum Gasteiger partial charge on any atom is -0.310 e. The lowest BCUT2D eigenvalue weighted by Crippen LogP contribution is -2.28. The van der Waals surface area contributed by atoms with Crippen molar-refractivity contribution >= 4 is 40.0 Å². The standard InChI is InChI=1S/C5H5NO2S2/c1-2(7)3-4(8)6-5(9)10-3/h3H,1H3,(H,6,8,9). The molecule has 1 heterocycles. The number of Topliss-reactive ketones (excluding diaryl/α,β-unsaturated/α-hetero) is 1. The normalized spacial score (nSPS) is 24.7. The maximum atomic E-state index is 10.8. The van der Waals surface area contributed by atoms with E-state index < -0.39 is 5.25 Å². The number of thiocarbonyl (C=S) groups is 1. The molecule has 0 aromatic rings. The Kier molecular flexibility index (Phi) is 2.05. The number of carbonyl (C=O) groups excluding carboxylic acids is 2. The molecule has 1 saturated heterocycles. The van der Waals surface area contributed by atoms with E-state index in [9.17, 15) is 9.59 Å². The first-order valence-corrected chi connectivity index (χ1v) is 3.92. The van der Waals surface area contributed by atoms with Gasteiger partial charge in [0.25, 0.3) is 0 Å². The van der Waals surface area contributed by atoms with Gasteiger partial charge in [-0.3, -0.25) is 9.59 Å². The van der Waals surface area contributed by atoms with E-state index in [1.54, 1.807) is 0 Å². The molecule has 3 nitrogen and oxygen atoms in total. The van der Waals surface area contributed by atoms with Gasteiger partial charge in [-0.05, 0) is 6.92 Å². The van der Waals surface area contributed by atoms with Crippen molar-refractivity contribution < 1.29 is 9.59 Å². The minimum absolute atomic E-state index is 0.151. The zero-order valence-corrected chi connectivity index (χ0v) is 6.84. The topological polar surface area (TPSA) is 46.2 Å². The molecule has 1 N–H and O–H groups in total. The summed E-state index contributed by atoms with van der Waals surface area (Å²) >= 11 is 5.77. The highest BCUT2D eigenvalue weighted by atomic mass is 32.2. The van der Waals surface area contributed by atoms with Crippen molar-refractivity contribution in [3.05, 3.63) is 0 Å². The second-order valence-electron chi connectivity index (χ2n) is 1.89. The molecular formula is C5H5NO2S2. The Morgan fingerprint density at radius 3 is 2.60 bits per heavy atom. The molecule has 1 unspecified atom stereocenters. The number of hydrogen-bond donors (Lipinski definition) is 1. The van der Waals surface area contributed by atoms with Crippen LogP contribution in [0.4, 0.5) is 0 Å². The average Bonchev–Trinajstić information content (AvgIpc) is 2.10. The fourth-order valence-electron chi connectivity index (χ4n) is 0.624. The van der Waals surface area contributed by atoms with Gasteiger partial charge in [-0.25, -0.2) is 0 Å². The number of nitrogens with one attached hydrogen (secondary N) is 1. The number of hydrogen-bond acceptors (Lipinski definition) is 4. The Labute approximate surface area is 67.5 Å². The molecule has 10 heavy (non-hydrogen) atoms. The van der Waals surface area contributed by atoms with Gasteiger partial charge in [0.15, 0.2) is 5.78 Å². The monoisotopic (exact) mass is 175 g/mol. The lowest BCUT2D eigenvalue weighted by Gasteiger charge is -1.95. The second-order valence-corrected chi connectivity index (χ2v) is 3.67. The van der Waals surface area contributed by atoms with Gasteiger partial charge in [0.1, 0.15) is 9.57 Å². The third kappa shape index (κ3) is 1.35. The molecule has 0 aromatic heterocycles. The fourth-order valence-corrected chi connectivity index (χ4v) is 1.72. The highest BCUT2D eigenvalue weighted by Gasteiger charge is 2.32. The van der Waals surface area contributed by atoms with Crippen LogP contribution in [0.5, 0.6) is 0 Å². The summed E-state index contributed by atoms with van der Waals surface area (Å²) in [6.07, 6.45) is 0. The second kappa shape index (κ2) is 2.67. The summed E-state index contributed by atoms with van der Waals surface area (Å²) in [4.78, 5) is 21.4. The Balaban J connectivity index is 2.72. The van der Waals surface area contributed by atoms with Crippen LogP contribution >= 0.6 is 24.0 Å². The molecule has 0 saturated carbocycles. The quantitative estimate of drug-likeness (QED) is 0.453. The van der Waals surface area contributed by atoms with Gasteiger partial charge in [0, 0.05) is 0 Å². The maximum Gasteiger partial charge on any atom is 0.246 e. The van der Waals surface area contributed by atoms with E-state index in [4.69, 9.17) is 0 Å². The van der Waals surface area contributed by atoms with Crippen LogP contribution in [-0.4, -0.2) is 21.3 Å². The van der Waals surface area contributed by atoms with E-state index in [-0.39, 0.29) is 11.7 Å². The van der Waals surface area contributed by atoms with Crippen molar-refractivity contribution in [3.8, 4) is 0 Å². The van der Waals surface area contributed by atoms with Crippen molar-refractivity contribution in [1.29, 1.82) is 0 Å². The van der Waals surface area contributed by atoms with E-state index in [0.717, 1.165) is 11.8 Å². The first kappa shape index (κ1) is 7.68. The molecule has 0 bridgehead atoms. The molecule has 0 spiro atoms. The van der Waals surface area contributed by atoms with Crippen molar-refractivity contribution in [2.45, 2.75) is 12.2 Å². The van der Waals surface area contributed by atoms with Gasteiger partial charge in [-0.15, -0.1) is 0 Å². The molecule has 1 rings (SSSR count). The predicted octanol–water partition coefficient (Wildman–Crippen LogP) is 0.0919. The summed E-state index contributed by atoms with van der Waals surface area (Å²) in [6, 6.07) is 0. The Morgan fingerprint density at radius 1 is 1.80 bits per heavy atom. The van der Waals surface area contributed by atoms with Gasteiger partial charge < -0.3 is 5.32 Å². The molecule has 1 fully saturated rings. The largest absolute Gasteiger partial charge is 0.310 e. The Bertz CT molecular complexity index is 214. The van der Waals surface area contributed by atoms with Crippen LogP contribution in [0, 0.1) is 0 Å². The summed E-state index contributed by atoms with van der Waals surface area (Å²) in [7, 11) is 0. The first-order valence-electron chi connectivity index (χ1n) is 2.63. The molecule has 0 aromatic carbocycles. The van der Waals surface area contributed by atoms with Crippen molar-refractivity contribution in [2.24, 2.45) is 0 Å². The molecule has 54 valence electrons. The highest BCUT2D eigenvalue weighted by Crippen LogP contribution is 2.19. The van der Waals surface area contributed by atoms with Crippen LogP contribution in [0.1, 0.15) is 6.92 Å². The summed E-state index contributed by atoms with van der Waals surface area (Å²) in [6.45, 7) is 1.38. The van der Waals surface area contributed by atoms with Gasteiger partial charge in [0.2, 0.25) is 5.91 Å². The number of carbonyl (C=O) groups is 2. The van der Waals surface area contributed by atoms with Gasteiger partial charge in [-0.1, -0.05) is 24.0 Å². The Hall–Kier alpha value is -0.420. The van der Waals surface area contributed by atoms with Gasteiger partial charge >= 0.3 is 0 Å². The molecule has 0 radical (unpaired) electrons. The van der Waals surface area contributed by atoms with Crippen molar-refractivity contribution in [1.82, 2.24) is 5.32 Å². The molecule has 5 heteroatoms. The summed E-state index contributed by atoms with van der Waals surface area (Å²) in [5.41, 5.74) is 0. The molecule has 1 atom stereocenters. The summed E-state index contributed by atoms with van der Waals surface area (Å²) < 4.78 is 0.394. The lowest BCUT2D eigenvalue weighted by molar-refractivity contribution is -0.125. The maximum absolute atomic E-state index is 10.8. The first-order chi connectivity index (χ1) is 4.61. The minimum atomic E-state index is -0.604. The molecule has 1 aliphatic heterocycles. The Morgan fingerprint density at radius 2 is 2.40 bits per heavy atom. The van der Waals surface area contributed by atoms with E-state index in [1.165, 1.54) is 6.92 Å². The van der Waals surface area contributed by atoms with Crippen LogP contribution in [-0.2, 0) is 9.59 Å². The van der Waals surface area contributed by atoms with Crippen molar-refractivity contribution in [2.75, 3.05) is 0 Å². The third-order valence-electron chi connectivity index (χ3n) is 1.06. The van der Waals surface area contributed by atoms with Crippen LogP contribution < -0.4 is 5.32 Å². The summed E-state index contributed by atoms with van der Waals surface area (Å²) in [5.74, 6) is -0.440. The molecule has 1 aliphatic rings. The summed E-state index contributed by atoms with van der Waals surface area (Å²) in [5, 5.41) is 1.78. The fraction of sp³-hybridized carbons (Fsp3) is 0.400. The third-order valence-corrected chi connectivity index (χ3v) is 2.55. The van der Waals surface area contributed by atoms with Gasteiger partial charge in [-0.2, -0.15) is 0 Å². The van der Waals surface area contributed by atoms with E-state index in [0.29, 0.717) is 4.32 Å². The lowest BCUT2D eigenvalue weighted by atomic mass is 10.3. The molecule has 0 aliphatic carbocycles. The molecule has 1 amide bonds. The van der Waals surface area contributed by atoms with Gasteiger partial charge in [0.05, 0.1) is 0 Å². The SMILES string of the molecule is CC(=O)C1SC(=S)NC1=O. The zero-order chi connectivity index (χ0) is 7.72. The van der Waals surface area contributed by atoms with E-state index >= 15 is 0 Å². The molecular weight excluding hydrogens is 170 g/mol. The van der Waals surface area contributed by atoms with E-state index in [2.05, 4.69) is 17.5 Å². The zero-order valence-electron chi connectivity index (χ0n) is 5.21. The van der Waals surface area contributed by atoms with E-state index in [1.807, 2.05) is 0 Å². The predicted molar refractivity (Wildman–Crippen MR) is 42.8 cm³/mol. The van der Waals surface area contributed by atoms with Crippen molar-refractivity contribution in [3.63, 3.8) is 0 Å². The van der Waals surface area contributed by atoms with Crippen LogP contribution in [0.25, 0.3) is 0 Å². The van der Waals surface area contributed by atoms with Crippen LogP contribution in [0.15, 0.2) is 0 Å². The number of rotatable bonds is 1. The number of ketones is 1.